The average molecular weight is 332 g/mol. The highest BCUT2D eigenvalue weighted by atomic mass is 16.5. The van der Waals surface area contributed by atoms with E-state index in [1.54, 1.807) is 18.9 Å². The second kappa shape index (κ2) is 8.71. The van der Waals surface area contributed by atoms with Gasteiger partial charge in [-0.15, -0.1) is 0 Å². The van der Waals surface area contributed by atoms with Gasteiger partial charge in [0, 0.05) is 19.0 Å². The van der Waals surface area contributed by atoms with Gasteiger partial charge in [0.1, 0.15) is 11.8 Å². The fourth-order valence-corrected chi connectivity index (χ4v) is 3.11. The monoisotopic (exact) mass is 332 g/mol. The lowest BCUT2D eigenvalue weighted by Crippen LogP contribution is -2.49. The average Bonchev–Trinajstić information content (AvgIpc) is 3.11. The summed E-state index contributed by atoms with van der Waals surface area (Å²) >= 11 is 0. The van der Waals surface area contributed by atoms with Gasteiger partial charge < -0.3 is 15.0 Å². The van der Waals surface area contributed by atoms with Gasteiger partial charge in [0.25, 0.3) is 0 Å². The van der Waals surface area contributed by atoms with Crippen LogP contribution in [0.3, 0.4) is 0 Å². The first-order valence-electron chi connectivity index (χ1n) is 8.78. The Bertz CT molecular complexity index is 550. The Balaban J connectivity index is 2.05. The fraction of sp³-hybridized carbons (Fsp3) is 0.579. The number of nitrogens with one attached hydrogen (secondary N) is 1. The molecule has 0 heterocycles. The molecule has 0 radical (unpaired) electrons. The third kappa shape index (κ3) is 4.73. The van der Waals surface area contributed by atoms with Crippen LogP contribution >= 0.6 is 0 Å². The number of amides is 2. The van der Waals surface area contributed by atoms with Crippen LogP contribution in [0.1, 0.15) is 51.5 Å². The molecule has 1 aromatic rings. The molecule has 0 spiro atoms. The Labute approximate surface area is 144 Å². The zero-order valence-corrected chi connectivity index (χ0v) is 14.9. The van der Waals surface area contributed by atoms with Crippen molar-refractivity contribution in [2.45, 2.75) is 64.6 Å². The Kier molecular flexibility index (Phi) is 6.64. The van der Waals surface area contributed by atoms with Gasteiger partial charge in [-0.05, 0) is 37.5 Å². The van der Waals surface area contributed by atoms with Crippen molar-refractivity contribution in [2.75, 3.05) is 7.11 Å². The number of rotatable bonds is 7. The molecule has 5 heteroatoms. The number of methoxy groups -OCH3 is 1. The maximum absolute atomic E-state index is 12.5. The lowest BCUT2D eigenvalue weighted by molar-refractivity contribution is -0.140. The van der Waals surface area contributed by atoms with Crippen LogP contribution in [0.15, 0.2) is 24.3 Å². The van der Waals surface area contributed by atoms with Crippen LogP contribution in [0.2, 0.25) is 0 Å². The molecule has 1 atom stereocenters. The van der Waals surface area contributed by atoms with Crippen molar-refractivity contribution < 1.29 is 14.3 Å². The summed E-state index contributed by atoms with van der Waals surface area (Å²) in [5, 5.41) is 3.09. The third-order valence-corrected chi connectivity index (χ3v) is 4.68. The molecule has 1 aliphatic rings. The summed E-state index contributed by atoms with van der Waals surface area (Å²) in [6.07, 6.45) is 4.81. The normalized spacial score (nSPS) is 15.8. The van der Waals surface area contributed by atoms with E-state index in [0.717, 1.165) is 24.2 Å². The Morgan fingerprint density at radius 1 is 1.25 bits per heavy atom. The smallest absolute Gasteiger partial charge is 0.242 e. The Hall–Kier alpha value is -2.04. The van der Waals surface area contributed by atoms with E-state index in [4.69, 9.17) is 4.74 Å². The van der Waals surface area contributed by atoms with Crippen LogP contribution in [0.5, 0.6) is 5.75 Å². The molecule has 0 aliphatic heterocycles. The molecule has 1 N–H and O–H groups in total. The van der Waals surface area contributed by atoms with Crippen LogP contribution in [-0.2, 0) is 16.1 Å². The van der Waals surface area contributed by atoms with E-state index in [1.807, 2.05) is 31.2 Å². The van der Waals surface area contributed by atoms with Gasteiger partial charge in [0.15, 0.2) is 0 Å². The van der Waals surface area contributed by atoms with Gasteiger partial charge in [-0.3, -0.25) is 9.59 Å². The van der Waals surface area contributed by atoms with Gasteiger partial charge in [-0.1, -0.05) is 31.9 Å². The number of hydrogen-bond donors (Lipinski definition) is 1. The highest BCUT2D eigenvalue weighted by Crippen LogP contribution is 2.19. The first-order chi connectivity index (χ1) is 11.5. The van der Waals surface area contributed by atoms with Crippen LogP contribution in [0.25, 0.3) is 0 Å². The number of carbonyl (C=O) groups excluding carboxylic acids is 2. The van der Waals surface area contributed by atoms with Crippen LogP contribution in [-0.4, -0.2) is 35.9 Å². The number of benzene rings is 1. The predicted molar refractivity (Wildman–Crippen MR) is 93.7 cm³/mol. The molecule has 132 valence electrons. The zero-order chi connectivity index (χ0) is 17.5. The maximum Gasteiger partial charge on any atom is 0.242 e. The number of nitrogens with zero attached hydrogens (tertiary/aromatic N) is 1. The molecule has 24 heavy (non-hydrogen) atoms. The zero-order valence-electron chi connectivity index (χ0n) is 14.9. The molecular weight excluding hydrogens is 304 g/mol. The molecule has 2 amide bonds. The molecule has 0 saturated heterocycles. The van der Waals surface area contributed by atoms with Gasteiger partial charge in [0.2, 0.25) is 11.8 Å². The molecular formula is C19H28N2O3. The van der Waals surface area contributed by atoms with E-state index in [2.05, 4.69) is 5.32 Å². The second-order valence-electron chi connectivity index (χ2n) is 6.39. The largest absolute Gasteiger partial charge is 0.497 e. The van der Waals surface area contributed by atoms with Crippen molar-refractivity contribution >= 4 is 11.8 Å². The van der Waals surface area contributed by atoms with Gasteiger partial charge >= 0.3 is 0 Å². The van der Waals surface area contributed by atoms with Crippen molar-refractivity contribution in [3.8, 4) is 5.75 Å². The SMILES string of the molecule is CCC(=O)N(Cc1ccc(OC)cc1)C(C)C(=O)NC1CCCC1. The topological polar surface area (TPSA) is 58.6 Å². The van der Waals surface area contributed by atoms with Crippen LogP contribution < -0.4 is 10.1 Å². The molecule has 1 saturated carbocycles. The quantitative estimate of drug-likeness (QED) is 0.835. The minimum Gasteiger partial charge on any atom is -0.497 e. The summed E-state index contributed by atoms with van der Waals surface area (Å²) < 4.78 is 5.16. The van der Waals surface area contributed by atoms with E-state index < -0.39 is 6.04 Å². The second-order valence-corrected chi connectivity index (χ2v) is 6.39. The molecule has 0 aromatic heterocycles. The predicted octanol–water partition coefficient (Wildman–Crippen LogP) is 2.88. The minimum atomic E-state index is -0.472. The third-order valence-electron chi connectivity index (χ3n) is 4.68. The van der Waals surface area contributed by atoms with Gasteiger partial charge in [-0.25, -0.2) is 0 Å². The lowest BCUT2D eigenvalue weighted by Gasteiger charge is -2.29. The fourth-order valence-electron chi connectivity index (χ4n) is 3.11. The van der Waals surface area contributed by atoms with Gasteiger partial charge in [-0.2, -0.15) is 0 Å². The summed E-state index contributed by atoms with van der Waals surface area (Å²) in [6, 6.07) is 7.38. The summed E-state index contributed by atoms with van der Waals surface area (Å²) in [7, 11) is 1.62. The Morgan fingerprint density at radius 3 is 2.42 bits per heavy atom. The number of ether oxygens (including phenoxy) is 1. The molecule has 1 aromatic carbocycles. The highest BCUT2D eigenvalue weighted by molar-refractivity contribution is 5.87. The van der Waals surface area contributed by atoms with E-state index in [-0.39, 0.29) is 17.9 Å². The number of hydrogen-bond acceptors (Lipinski definition) is 3. The molecule has 1 unspecified atom stereocenters. The molecule has 5 nitrogen and oxygen atoms in total. The molecule has 1 fully saturated rings. The van der Waals surface area contributed by atoms with Crippen molar-refractivity contribution in [3.05, 3.63) is 29.8 Å². The van der Waals surface area contributed by atoms with Crippen LogP contribution in [0, 0.1) is 0 Å². The Morgan fingerprint density at radius 2 is 1.88 bits per heavy atom. The summed E-state index contributed by atoms with van der Waals surface area (Å²) in [6.45, 7) is 4.06. The maximum atomic E-state index is 12.5. The van der Waals surface area contributed by atoms with E-state index in [0.29, 0.717) is 13.0 Å². The summed E-state index contributed by atoms with van der Waals surface area (Å²) in [4.78, 5) is 26.5. The lowest BCUT2D eigenvalue weighted by atomic mass is 10.1. The highest BCUT2D eigenvalue weighted by Gasteiger charge is 2.27. The first kappa shape index (κ1) is 18.3. The van der Waals surface area contributed by atoms with E-state index in [1.165, 1.54) is 12.8 Å². The van der Waals surface area contributed by atoms with E-state index >= 15 is 0 Å². The van der Waals surface area contributed by atoms with Crippen molar-refractivity contribution in [1.29, 1.82) is 0 Å². The first-order valence-corrected chi connectivity index (χ1v) is 8.78. The molecule has 0 bridgehead atoms. The van der Waals surface area contributed by atoms with Crippen molar-refractivity contribution in [2.24, 2.45) is 0 Å². The number of carbonyl (C=O) groups is 2. The van der Waals surface area contributed by atoms with Crippen molar-refractivity contribution in [1.82, 2.24) is 10.2 Å². The molecule has 1 aliphatic carbocycles. The summed E-state index contributed by atoms with van der Waals surface area (Å²) in [5.74, 6) is 0.705. The van der Waals surface area contributed by atoms with E-state index in [9.17, 15) is 9.59 Å². The minimum absolute atomic E-state index is 0.0140. The standard InChI is InChI=1S/C19H28N2O3/c1-4-18(22)21(13-15-9-11-17(24-3)12-10-15)14(2)19(23)20-16-7-5-6-8-16/h9-12,14,16H,4-8,13H2,1-3H3,(H,20,23). The van der Waals surface area contributed by atoms with Crippen molar-refractivity contribution in [3.63, 3.8) is 0 Å². The molecule has 2 rings (SSSR count). The van der Waals surface area contributed by atoms with Crippen LogP contribution in [0.4, 0.5) is 0 Å². The summed E-state index contributed by atoms with van der Waals surface area (Å²) in [5.41, 5.74) is 0.984. The van der Waals surface area contributed by atoms with Gasteiger partial charge in [0.05, 0.1) is 7.11 Å².